The van der Waals surface area contributed by atoms with Gasteiger partial charge in [0.25, 0.3) is 5.91 Å². The van der Waals surface area contributed by atoms with Crippen molar-refractivity contribution in [2.75, 3.05) is 38.4 Å². The molecule has 106 valence electrons. The van der Waals surface area contributed by atoms with E-state index in [1.807, 2.05) is 31.2 Å². The van der Waals surface area contributed by atoms with Crippen LogP contribution in [0.2, 0.25) is 0 Å². The van der Waals surface area contributed by atoms with Crippen LogP contribution in [0.4, 0.5) is 5.69 Å². The molecule has 0 saturated carbocycles. The first-order valence-electron chi connectivity index (χ1n) is 6.39. The molecule has 0 fully saturated rings. The van der Waals surface area contributed by atoms with Gasteiger partial charge in [0.1, 0.15) is 6.61 Å². The molecule has 0 atom stereocenters. The van der Waals surface area contributed by atoms with Gasteiger partial charge in [-0.1, -0.05) is 12.1 Å². The van der Waals surface area contributed by atoms with E-state index in [1.54, 1.807) is 12.0 Å². The van der Waals surface area contributed by atoms with Crippen LogP contribution in [0.25, 0.3) is 0 Å². The van der Waals surface area contributed by atoms with Crippen LogP contribution in [-0.4, -0.2) is 39.4 Å². The Labute approximate surface area is 114 Å². The molecule has 0 unspecified atom stereocenters. The molecule has 5 nitrogen and oxygen atoms in total. The molecule has 0 aromatic heterocycles. The number of likely N-dealkylation sites (N-methyl/N-ethyl adjacent to an activating group) is 1. The maximum atomic E-state index is 12.0. The van der Waals surface area contributed by atoms with Crippen LogP contribution in [0.15, 0.2) is 24.3 Å². The molecule has 1 amide bonds. The van der Waals surface area contributed by atoms with Crippen LogP contribution in [0.5, 0.6) is 0 Å². The Bertz CT molecular complexity index is 379. The van der Waals surface area contributed by atoms with Crippen LogP contribution in [0, 0.1) is 0 Å². The summed E-state index contributed by atoms with van der Waals surface area (Å²) in [7, 11) is 1.60. The molecule has 19 heavy (non-hydrogen) atoms. The number of anilines is 1. The van der Waals surface area contributed by atoms with E-state index in [9.17, 15) is 4.79 Å². The Kier molecular flexibility index (Phi) is 7.10. The molecule has 0 heterocycles. The average Bonchev–Trinajstić information content (AvgIpc) is 2.45. The number of benzene rings is 1. The van der Waals surface area contributed by atoms with Crippen molar-refractivity contribution in [3.05, 3.63) is 29.8 Å². The van der Waals surface area contributed by atoms with E-state index < -0.39 is 0 Å². The number of hydrogen-bond donors (Lipinski definition) is 1. The fourth-order valence-corrected chi connectivity index (χ4v) is 1.69. The Hall–Kier alpha value is -1.43. The van der Waals surface area contributed by atoms with Gasteiger partial charge in [0.2, 0.25) is 0 Å². The molecule has 0 aliphatic rings. The summed E-state index contributed by atoms with van der Waals surface area (Å²) in [5.74, 6) is -0.0564. The van der Waals surface area contributed by atoms with Crippen molar-refractivity contribution in [1.82, 2.24) is 0 Å². The average molecular weight is 266 g/mol. The summed E-state index contributed by atoms with van der Waals surface area (Å²) in [6.45, 7) is 4.02. The fraction of sp³-hybridized carbons (Fsp3) is 0.500. The lowest BCUT2D eigenvalue weighted by Gasteiger charge is -2.21. The molecule has 1 aromatic carbocycles. The minimum atomic E-state index is -0.0564. The predicted octanol–water partition coefficient (Wildman–Crippen LogP) is 1.16. The maximum Gasteiger partial charge on any atom is 0.252 e. The van der Waals surface area contributed by atoms with E-state index in [-0.39, 0.29) is 12.5 Å². The van der Waals surface area contributed by atoms with Gasteiger partial charge in [-0.3, -0.25) is 4.79 Å². The second-order valence-corrected chi connectivity index (χ2v) is 4.05. The number of carbonyl (C=O) groups is 1. The van der Waals surface area contributed by atoms with Crippen molar-refractivity contribution < 1.29 is 14.3 Å². The molecule has 1 rings (SSSR count). The summed E-state index contributed by atoms with van der Waals surface area (Å²) >= 11 is 0. The molecule has 5 heteroatoms. The summed E-state index contributed by atoms with van der Waals surface area (Å²) < 4.78 is 10.1. The first-order valence-corrected chi connectivity index (χ1v) is 6.39. The van der Waals surface area contributed by atoms with Crippen molar-refractivity contribution in [2.45, 2.75) is 13.5 Å². The van der Waals surface area contributed by atoms with Crippen molar-refractivity contribution in [2.24, 2.45) is 5.73 Å². The topological polar surface area (TPSA) is 64.8 Å². The van der Waals surface area contributed by atoms with Crippen molar-refractivity contribution in [1.29, 1.82) is 0 Å². The Morgan fingerprint density at radius 3 is 2.47 bits per heavy atom. The summed E-state index contributed by atoms with van der Waals surface area (Å²) in [6.07, 6.45) is 0. The van der Waals surface area contributed by atoms with Crippen molar-refractivity contribution >= 4 is 11.6 Å². The number of rotatable bonds is 8. The van der Waals surface area contributed by atoms with Crippen LogP contribution < -0.4 is 10.6 Å². The minimum Gasteiger partial charge on any atom is -0.382 e. The van der Waals surface area contributed by atoms with Crippen molar-refractivity contribution in [3.63, 3.8) is 0 Å². The molecular weight excluding hydrogens is 244 g/mol. The molecular formula is C14H22N2O3. The molecule has 0 radical (unpaired) electrons. The zero-order valence-electron chi connectivity index (χ0n) is 11.6. The second-order valence-electron chi connectivity index (χ2n) is 4.05. The summed E-state index contributed by atoms with van der Waals surface area (Å²) in [5.41, 5.74) is 7.46. The lowest BCUT2D eigenvalue weighted by Crippen LogP contribution is -2.34. The highest BCUT2D eigenvalue weighted by Gasteiger charge is 2.13. The third kappa shape index (κ3) is 4.98. The van der Waals surface area contributed by atoms with E-state index >= 15 is 0 Å². The fourth-order valence-electron chi connectivity index (χ4n) is 1.69. The number of nitrogens with zero attached hydrogens (tertiary/aromatic N) is 1. The molecule has 2 N–H and O–H groups in total. The smallest absolute Gasteiger partial charge is 0.252 e. The van der Waals surface area contributed by atoms with Gasteiger partial charge in [0.05, 0.1) is 13.2 Å². The molecule has 0 aliphatic heterocycles. The Morgan fingerprint density at radius 2 is 1.95 bits per heavy atom. The van der Waals surface area contributed by atoms with E-state index in [2.05, 4.69) is 0 Å². The first-order chi connectivity index (χ1) is 9.22. The van der Waals surface area contributed by atoms with E-state index in [0.29, 0.717) is 26.3 Å². The molecule has 1 aromatic rings. The first kappa shape index (κ1) is 15.6. The lowest BCUT2D eigenvalue weighted by molar-refractivity contribution is -0.123. The molecule has 0 aliphatic carbocycles. The Morgan fingerprint density at radius 1 is 1.26 bits per heavy atom. The zero-order valence-corrected chi connectivity index (χ0v) is 11.6. The van der Waals surface area contributed by atoms with Gasteiger partial charge in [-0.05, 0) is 24.6 Å². The van der Waals surface area contributed by atoms with E-state index in [0.717, 1.165) is 11.3 Å². The standard InChI is InChI=1S/C14H22N2O3/c1-3-16(14(17)11-19-9-8-18-2)13-6-4-12(10-15)5-7-13/h4-7H,3,8-11,15H2,1-2H3. The van der Waals surface area contributed by atoms with E-state index in [1.165, 1.54) is 0 Å². The van der Waals surface area contributed by atoms with Gasteiger partial charge in [-0.25, -0.2) is 0 Å². The van der Waals surface area contributed by atoms with E-state index in [4.69, 9.17) is 15.2 Å². The monoisotopic (exact) mass is 266 g/mol. The highest BCUT2D eigenvalue weighted by atomic mass is 16.5. The van der Waals surface area contributed by atoms with Gasteiger partial charge < -0.3 is 20.1 Å². The number of amides is 1. The number of ether oxygens (including phenoxy) is 2. The highest BCUT2D eigenvalue weighted by molar-refractivity contribution is 5.94. The largest absolute Gasteiger partial charge is 0.382 e. The van der Waals surface area contributed by atoms with Gasteiger partial charge in [-0.2, -0.15) is 0 Å². The molecule has 0 spiro atoms. The Balaban J connectivity index is 2.57. The summed E-state index contributed by atoms with van der Waals surface area (Å²) in [4.78, 5) is 13.7. The zero-order chi connectivity index (χ0) is 14.1. The number of hydrogen-bond acceptors (Lipinski definition) is 4. The third-order valence-electron chi connectivity index (χ3n) is 2.76. The van der Waals surface area contributed by atoms with Crippen LogP contribution in [-0.2, 0) is 20.8 Å². The van der Waals surface area contributed by atoms with Crippen LogP contribution >= 0.6 is 0 Å². The SMILES string of the molecule is CCN(C(=O)COCCOC)c1ccc(CN)cc1. The normalized spacial score (nSPS) is 10.5. The van der Waals surface area contributed by atoms with Crippen LogP contribution in [0.1, 0.15) is 12.5 Å². The molecule has 0 saturated heterocycles. The second kappa shape index (κ2) is 8.63. The van der Waals surface area contributed by atoms with Gasteiger partial charge in [-0.15, -0.1) is 0 Å². The number of methoxy groups -OCH3 is 1. The summed E-state index contributed by atoms with van der Waals surface area (Å²) in [5, 5.41) is 0. The summed E-state index contributed by atoms with van der Waals surface area (Å²) in [6, 6.07) is 7.66. The van der Waals surface area contributed by atoms with Gasteiger partial charge in [0.15, 0.2) is 0 Å². The quantitative estimate of drug-likeness (QED) is 0.717. The van der Waals surface area contributed by atoms with Gasteiger partial charge >= 0.3 is 0 Å². The van der Waals surface area contributed by atoms with Gasteiger partial charge in [0, 0.05) is 25.9 Å². The number of nitrogens with two attached hydrogens (primary N) is 1. The van der Waals surface area contributed by atoms with Crippen LogP contribution in [0.3, 0.4) is 0 Å². The highest BCUT2D eigenvalue weighted by Crippen LogP contribution is 2.15. The maximum absolute atomic E-state index is 12.0. The molecule has 0 bridgehead atoms. The lowest BCUT2D eigenvalue weighted by atomic mass is 10.2. The van der Waals surface area contributed by atoms with Crippen molar-refractivity contribution in [3.8, 4) is 0 Å². The number of carbonyl (C=O) groups excluding carboxylic acids is 1. The minimum absolute atomic E-state index is 0.0564. The third-order valence-corrected chi connectivity index (χ3v) is 2.76. The predicted molar refractivity (Wildman–Crippen MR) is 75.1 cm³/mol.